The van der Waals surface area contributed by atoms with Crippen LogP contribution in [0.3, 0.4) is 0 Å². The normalized spacial score (nSPS) is 13.5. The Hall–Kier alpha value is -1.28. The predicted octanol–water partition coefficient (Wildman–Crippen LogP) is -2.02. The van der Waals surface area contributed by atoms with Crippen molar-refractivity contribution in [2.75, 3.05) is 6.54 Å². The lowest BCUT2D eigenvalue weighted by molar-refractivity contribution is -0.432. The van der Waals surface area contributed by atoms with Gasteiger partial charge in [0.2, 0.25) is 5.91 Å². The second-order valence-electron chi connectivity index (χ2n) is 5.08. The zero-order chi connectivity index (χ0) is 17.9. The van der Waals surface area contributed by atoms with Gasteiger partial charge in [-0.15, -0.1) is 0 Å². The summed E-state index contributed by atoms with van der Waals surface area (Å²) < 4.78 is 8.55. The zero-order valence-electron chi connectivity index (χ0n) is 13.0. The largest absolute Gasteiger partial charge is 0.822 e. The average Bonchev–Trinajstić information content (AvgIpc) is 2.43. The summed E-state index contributed by atoms with van der Waals surface area (Å²) in [6.45, 7) is 2.56. The molecule has 0 radical (unpaired) electrons. The fraction of sp³-hybridized carbons (Fsp3) is 0.500. The van der Waals surface area contributed by atoms with E-state index >= 15 is 0 Å². The smallest absolute Gasteiger partial charge is 0.237 e. The van der Waals surface area contributed by atoms with Crippen molar-refractivity contribution in [3.63, 3.8) is 0 Å². The number of benzene rings is 1. The van der Waals surface area contributed by atoms with E-state index in [4.69, 9.17) is 30.7 Å². The molecule has 0 saturated heterocycles. The molecule has 0 aliphatic rings. The van der Waals surface area contributed by atoms with Crippen LogP contribution < -0.4 is 31.5 Å². The Morgan fingerprint density at radius 2 is 1.78 bits per heavy atom. The molecule has 0 bridgehead atoms. The maximum atomic E-state index is 11.8. The second kappa shape index (κ2) is 11.3. The molecule has 0 spiro atoms. The Balaban J connectivity index is 0.000000841. The van der Waals surface area contributed by atoms with Gasteiger partial charge in [-0.25, -0.2) is 0 Å². The highest BCUT2D eigenvalue weighted by Gasteiger charge is 2.15. The fourth-order valence-electron chi connectivity index (χ4n) is 1.84. The number of nitrogens with two attached hydrogens (primary N) is 2. The van der Waals surface area contributed by atoms with Crippen LogP contribution in [0, 0.1) is 0 Å². The highest BCUT2D eigenvalue weighted by Crippen LogP contribution is 2.04. The first kappa shape index (κ1) is 21.7. The summed E-state index contributed by atoms with van der Waals surface area (Å²) >= 11 is 0. The van der Waals surface area contributed by atoms with Crippen LogP contribution in [0.1, 0.15) is 25.3 Å². The highest BCUT2D eigenvalue weighted by atomic mass is 31.2. The first-order valence-electron chi connectivity index (χ1n) is 7.16. The van der Waals surface area contributed by atoms with E-state index in [-0.39, 0.29) is 11.9 Å². The summed E-state index contributed by atoms with van der Waals surface area (Å²) in [5, 5.41) is 2.93. The number of hydrogen-bond acceptors (Lipinski definition) is 7. The summed E-state index contributed by atoms with van der Waals surface area (Å²) in [6.07, 6.45) is 2.23. The van der Waals surface area contributed by atoms with E-state index in [1.807, 2.05) is 25.1 Å². The lowest BCUT2D eigenvalue weighted by atomic mass is 10.1. The Kier molecular flexibility index (Phi) is 10.7. The van der Waals surface area contributed by atoms with Gasteiger partial charge in [-0.05, 0) is 38.3 Å². The molecule has 1 rings (SSSR count). The van der Waals surface area contributed by atoms with E-state index in [9.17, 15) is 4.79 Å². The molecule has 132 valence electrons. The average molecular weight is 344 g/mol. The molecule has 2 atom stereocenters. The molecular weight excluding hydrogens is 321 g/mol. The van der Waals surface area contributed by atoms with Crippen molar-refractivity contribution in [1.82, 2.24) is 5.32 Å². The molecule has 1 amide bonds. The van der Waals surface area contributed by atoms with Gasteiger partial charge in [0.25, 0.3) is 0 Å². The maximum Gasteiger partial charge on any atom is 0.237 e. The molecule has 0 aliphatic heterocycles. The van der Waals surface area contributed by atoms with E-state index in [1.165, 1.54) is 5.56 Å². The number of hydrogen-bond donors (Lipinski definition) is 3. The molecule has 8 nitrogen and oxygen atoms in total. The standard InChI is InChI=1S/C14H23N3O.H3O4P/c1-11(10-12-6-3-2-4-7-12)17-14(18)13(16)8-5-9-15;1-5(2,3)4/h2-4,6-7,11,13H,5,8-10,15-16H2,1H3,(H,17,18);(H3,1,2,3,4)/p-3. The minimum absolute atomic E-state index is 0.0869. The van der Waals surface area contributed by atoms with Crippen LogP contribution in [0.4, 0.5) is 0 Å². The molecule has 9 heteroatoms. The van der Waals surface area contributed by atoms with Crippen molar-refractivity contribution in [3.8, 4) is 0 Å². The van der Waals surface area contributed by atoms with Gasteiger partial charge in [0.15, 0.2) is 0 Å². The topological polar surface area (TPSA) is 167 Å². The minimum atomic E-state index is -5.39. The van der Waals surface area contributed by atoms with Crippen LogP contribution in [0.25, 0.3) is 0 Å². The lowest BCUT2D eigenvalue weighted by Crippen LogP contribution is -2.45. The van der Waals surface area contributed by atoms with Crippen LogP contribution >= 0.6 is 7.82 Å². The summed E-state index contributed by atoms with van der Waals surface area (Å²) in [6, 6.07) is 9.72. The Labute approximate surface area is 136 Å². The first-order chi connectivity index (χ1) is 10.6. The molecule has 0 heterocycles. The molecule has 0 fully saturated rings. The van der Waals surface area contributed by atoms with Gasteiger partial charge < -0.3 is 36.0 Å². The molecule has 1 aromatic carbocycles. The SMILES string of the molecule is CC(Cc1ccccc1)NC(=O)C(N)CCCN.O=P([O-])([O-])[O-]. The number of nitrogens with one attached hydrogen (secondary N) is 1. The third kappa shape index (κ3) is 14.1. The number of amides is 1. The number of phosphoric acid groups is 1. The summed E-state index contributed by atoms with van der Waals surface area (Å²) in [5.74, 6) is -0.0909. The van der Waals surface area contributed by atoms with Gasteiger partial charge in [-0.1, -0.05) is 30.3 Å². The van der Waals surface area contributed by atoms with Gasteiger partial charge in [0.05, 0.1) is 6.04 Å². The predicted molar refractivity (Wildman–Crippen MR) is 81.6 cm³/mol. The van der Waals surface area contributed by atoms with E-state index < -0.39 is 13.9 Å². The molecule has 0 saturated carbocycles. The van der Waals surface area contributed by atoms with Crippen LogP contribution in [0.2, 0.25) is 0 Å². The molecule has 0 aliphatic carbocycles. The molecular formula is C14H23N3O5P-3. The summed E-state index contributed by atoms with van der Waals surface area (Å²) in [5.41, 5.74) is 12.4. The molecule has 0 aromatic heterocycles. The number of carbonyl (C=O) groups is 1. The van der Waals surface area contributed by atoms with Crippen molar-refractivity contribution in [3.05, 3.63) is 35.9 Å². The number of carbonyl (C=O) groups excluding carboxylic acids is 1. The highest BCUT2D eigenvalue weighted by molar-refractivity contribution is 7.40. The minimum Gasteiger partial charge on any atom is -0.822 e. The van der Waals surface area contributed by atoms with E-state index in [0.29, 0.717) is 13.0 Å². The van der Waals surface area contributed by atoms with Crippen LogP contribution in [-0.4, -0.2) is 24.5 Å². The van der Waals surface area contributed by atoms with Gasteiger partial charge in [-0.3, -0.25) is 4.79 Å². The van der Waals surface area contributed by atoms with Gasteiger partial charge in [-0.2, -0.15) is 7.82 Å². The third-order valence-corrected chi connectivity index (χ3v) is 2.83. The third-order valence-electron chi connectivity index (χ3n) is 2.83. The molecule has 2 unspecified atom stereocenters. The van der Waals surface area contributed by atoms with Crippen molar-refractivity contribution in [2.45, 2.75) is 38.3 Å². The number of rotatable bonds is 7. The van der Waals surface area contributed by atoms with Crippen LogP contribution in [0.5, 0.6) is 0 Å². The maximum absolute atomic E-state index is 11.8. The van der Waals surface area contributed by atoms with Gasteiger partial charge in [0, 0.05) is 6.04 Å². The summed E-state index contributed by atoms with van der Waals surface area (Å²) in [7, 11) is -5.39. The Bertz CT molecular complexity index is 486. The lowest BCUT2D eigenvalue weighted by Gasteiger charge is -2.36. The monoisotopic (exact) mass is 344 g/mol. The van der Waals surface area contributed by atoms with Crippen molar-refractivity contribution < 1.29 is 24.0 Å². The summed E-state index contributed by atoms with van der Waals surface area (Å²) in [4.78, 5) is 37.4. The second-order valence-corrected chi connectivity index (χ2v) is 5.98. The van der Waals surface area contributed by atoms with Crippen molar-refractivity contribution >= 4 is 13.7 Å². The van der Waals surface area contributed by atoms with Gasteiger partial charge >= 0.3 is 0 Å². The first-order valence-corrected chi connectivity index (χ1v) is 8.62. The molecule has 5 N–H and O–H groups in total. The fourth-order valence-corrected chi connectivity index (χ4v) is 1.84. The molecule has 23 heavy (non-hydrogen) atoms. The quantitative estimate of drug-likeness (QED) is 0.479. The Morgan fingerprint density at radius 3 is 2.26 bits per heavy atom. The van der Waals surface area contributed by atoms with Gasteiger partial charge in [0.1, 0.15) is 0 Å². The van der Waals surface area contributed by atoms with Crippen molar-refractivity contribution in [1.29, 1.82) is 0 Å². The van der Waals surface area contributed by atoms with E-state index in [2.05, 4.69) is 17.4 Å². The van der Waals surface area contributed by atoms with Crippen LogP contribution in [0.15, 0.2) is 30.3 Å². The van der Waals surface area contributed by atoms with E-state index in [0.717, 1.165) is 12.8 Å². The Morgan fingerprint density at radius 1 is 1.26 bits per heavy atom. The molecule has 1 aromatic rings. The van der Waals surface area contributed by atoms with Crippen molar-refractivity contribution in [2.24, 2.45) is 11.5 Å². The zero-order valence-corrected chi connectivity index (χ0v) is 13.9. The van der Waals surface area contributed by atoms with Crippen LogP contribution in [-0.2, 0) is 15.8 Å². The van der Waals surface area contributed by atoms with E-state index in [1.54, 1.807) is 0 Å².